The molecule has 0 aliphatic carbocycles. The lowest BCUT2D eigenvalue weighted by molar-refractivity contribution is -0.120. The van der Waals surface area contributed by atoms with Crippen molar-refractivity contribution in [1.29, 1.82) is 0 Å². The molecule has 1 amide bonds. The first-order valence-electron chi connectivity index (χ1n) is 7.14. The molecule has 0 spiro atoms. The highest BCUT2D eigenvalue weighted by atomic mass is 16.2. The average molecular weight is 274 g/mol. The molecule has 1 fully saturated rings. The zero-order valence-electron chi connectivity index (χ0n) is 12.2. The van der Waals surface area contributed by atoms with E-state index in [1.807, 2.05) is 31.2 Å². The van der Waals surface area contributed by atoms with Crippen molar-refractivity contribution in [2.24, 2.45) is 0 Å². The van der Waals surface area contributed by atoms with E-state index in [2.05, 4.69) is 10.2 Å². The van der Waals surface area contributed by atoms with E-state index in [-0.39, 0.29) is 17.7 Å². The lowest BCUT2D eigenvalue weighted by Gasteiger charge is -2.22. The first-order valence-corrected chi connectivity index (χ1v) is 7.14. The molecule has 1 aliphatic rings. The molecule has 108 valence electrons. The maximum absolute atomic E-state index is 12.1. The summed E-state index contributed by atoms with van der Waals surface area (Å²) in [4.78, 5) is 25.4. The Morgan fingerprint density at radius 2 is 2.20 bits per heavy atom. The number of anilines is 1. The fourth-order valence-electron chi connectivity index (χ4n) is 2.77. The first kappa shape index (κ1) is 14.7. The Hall–Kier alpha value is -1.68. The summed E-state index contributed by atoms with van der Waals surface area (Å²) in [6, 6.07) is 8.01. The number of ketones is 1. The number of benzene rings is 1. The van der Waals surface area contributed by atoms with Crippen molar-refractivity contribution in [3.8, 4) is 0 Å². The van der Waals surface area contributed by atoms with E-state index in [9.17, 15) is 9.59 Å². The average Bonchev–Trinajstić information content (AvgIpc) is 2.75. The van der Waals surface area contributed by atoms with Crippen LogP contribution < -0.4 is 5.32 Å². The number of Topliss-reactive ketones (excluding diaryl/α,β-unsaturated/α-hetero) is 1. The third-order valence-electron chi connectivity index (χ3n) is 3.67. The van der Waals surface area contributed by atoms with E-state index in [0.717, 1.165) is 30.6 Å². The number of hydrogen-bond acceptors (Lipinski definition) is 3. The molecule has 0 bridgehead atoms. The van der Waals surface area contributed by atoms with Crippen LogP contribution in [-0.2, 0) is 9.59 Å². The summed E-state index contributed by atoms with van der Waals surface area (Å²) in [5.74, 6) is 0.187. The van der Waals surface area contributed by atoms with E-state index in [4.69, 9.17) is 0 Å². The molecule has 1 unspecified atom stereocenters. The maximum Gasteiger partial charge on any atom is 0.238 e. The van der Waals surface area contributed by atoms with Crippen LogP contribution in [0, 0.1) is 6.92 Å². The van der Waals surface area contributed by atoms with Gasteiger partial charge >= 0.3 is 0 Å². The summed E-state index contributed by atoms with van der Waals surface area (Å²) in [5.41, 5.74) is 1.95. The fraction of sp³-hybridized carbons (Fsp3) is 0.500. The van der Waals surface area contributed by atoms with Gasteiger partial charge in [0.1, 0.15) is 5.78 Å². The fourth-order valence-corrected chi connectivity index (χ4v) is 2.77. The van der Waals surface area contributed by atoms with Gasteiger partial charge in [-0.2, -0.15) is 0 Å². The van der Waals surface area contributed by atoms with Gasteiger partial charge < -0.3 is 5.32 Å². The maximum atomic E-state index is 12.1. The summed E-state index contributed by atoms with van der Waals surface area (Å²) in [6.07, 6.45) is 2.63. The standard InChI is InChI=1S/C16H22N2O2/c1-12-5-3-6-14(9-12)17-16(20)11-18-8-4-7-15(18)10-13(2)19/h3,5-6,9,15H,4,7-8,10-11H2,1-2H3,(H,17,20). The highest BCUT2D eigenvalue weighted by Crippen LogP contribution is 2.20. The van der Waals surface area contributed by atoms with E-state index in [0.29, 0.717) is 13.0 Å². The highest BCUT2D eigenvalue weighted by molar-refractivity contribution is 5.92. The van der Waals surface area contributed by atoms with Crippen molar-refractivity contribution >= 4 is 17.4 Å². The van der Waals surface area contributed by atoms with E-state index >= 15 is 0 Å². The molecule has 1 aliphatic heterocycles. The number of likely N-dealkylation sites (tertiary alicyclic amines) is 1. The predicted octanol–water partition coefficient (Wildman–Crippen LogP) is 2.38. The third-order valence-corrected chi connectivity index (χ3v) is 3.67. The lowest BCUT2D eigenvalue weighted by atomic mass is 10.1. The van der Waals surface area contributed by atoms with Crippen molar-refractivity contribution in [2.45, 2.75) is 39.2 Å². The smallest absolute Gasteiger partial charge is 0.238 e. The quantitative estimate of drug-likeness (QED) is 0.897. The summed E-state index contributed by atoms with van der Waals surface area (Å²) in [7, 11) is 0. The summed E-state index contributed by atoms with van der Waals surface area (Å²) < 4.78 is 0. The zero-order chi connectivity index (χ0) is 14.5. The van der Waals surface area contributed by atoms with Crippen molar-refractivity contribution in [1.82, 2.24) is 4.90 Å². The number of aryl methyl sites for hydroxylation is 1. The van der Waals surface area contributed by atoms with Crippen molar-refractivity contribution in [2.75, 3.05) is 18.4 Å². The largest absolute Gasteiger partial charge is 0.325 e. The number of carbonyl (C=O) groups excluding carboxylic acids is 2. The SMILES string of the molecule is CC(=O)CC1CCCN1CC(=O)Nc1cccc(C)c1. The van der Waals surface area contributed by atoms with Crippen molar-refractivity contribution in [3.05, 3.63) is 29.8 Å². The van der Waals surface area contributed by atoms with E-state index < -0.39 is 0 Å². The predicted molar refractivity (Wildman–Crippen MR) is 79.7 cm³/mol. The van der Waals surface area contributed by atoms with Gasteiger partial charge in [-0.05, 0) is 50.9 Å². The molecule has 1 N–H and O–H groups in total. The topological polar surface area (TPSA) is 49.4 Å². The van der Waals surface area contributed by atoms with Crippen LogP contribution in [0.2, 0.25) is 0 Å². The number of rotatable bonds is 5. The van der Waals surface area contributed by atoms with Crippen LogP contribution in [-0.4, -0.2) is 35.7 Å². The third kappa shape index (κ3) is 4.17. The van der Waals surface area contributed by atoms with Gasteiger partial charge in [0.05, 0.1) is 6.54 Å². The molecule has 2 rings (SSSR count). The molecule has 0 radical (unpaired) electrons. The van der Waals surface area contributed by atoms with Gasteiger partial charge in [0.25, 0.3) is 0 Å². The number of amides is 1. The van der Waals surface area contributed by atoms with Gasteiger partial charge in [0, 0.05) is 18.2 Å². The van der Waals surface area contributed by atoms with Crippen LogP contribution in [0.3, 0.4) is 0 Å². The number of carbonyl (C=O) groups is 2. The molecule has 0 saturated carbocycles. The Kier molecular flexibility index (Phi) is 4.90. The molecule has 1 heterocycles. The minimum atomic E-state index is -0.00829. The second-order valence-corrected chi connectivity index (χ2v) is 5.59. The number of nitrogens with zero attached hydrogens (tertiary/aromatic N) is 1. The van der Waals surface area contributed by atoms with Gasteiger partial charge in [-0.25, -0.2) is 0 Å². The van der Waals surface area contributed by atoms with Crippen LogP contribution in [0.5, 0.6) is 0 Å². The Labute approximate surface area is 120 Å². The lowest BCUT2D eigenvalue weighted by Crippen LogP contribution is -2.37. The molecule has 1 aromatic rings. The summed E-state index contributed by atoms with van der Waals surface area (Å²) in [6.45, 7) is 4.88. The van der Waals surface area contributed by atoms with Crippen LogP contribution in [0.1, 0.15) is 31.7 Å². The first-order chi connectivity index (χ1) is 9.54. The van der Waals surface area contributed by atoms with Gasteiger partial charge in [0.2, 0.25) is 5.91 Å². The molecule has 1 saturated heterocycles. The van der Waals surface area contributed by atoms with Gasteiger partial charge in [-0.3, -0.25) is 14.5 Å². The molecular weight excluding hydrogens is 252 g/mol. The molecule has 4 heteroatoms. The Morgan fingerprint density at radius 3 is 2.90 bits per heavy atom. The highest BCUT2D eigenvalue weighted by Gasteiger charge is 2.26. The molecule has 1 aromatic carbocycles. The Balaban J connectivity index is 1.89. The molecule has 20 heavy (non-hydrogen) atoms. The van der Waals surface area contributed by atoms with Crippen molar-refractivity contribution < 1.29 is 9.59 Å². The number of nitrogens with one attached hydrogen (secondary N) is 1. The monoisotopic (exact) mass is 274 g/mol. The van der Waals surface area contributed by atoms with Crippen molar-refractivity contribution in [3.63, 3.8) is 0 Å². The Morgan fingerprint density at radius 1 is 1.40 bits per heavy atom. The number of hydrogen-bond donors (Lipinski definition) is 1. The Bertz CT molecular complexity index is 499. The van der Waals surface area contributed by atoms with Crippen LogP contribution in [0.15, 0.2) is 24.3 Å². The molecule has 1 atom stereocenters. The van der Waals surface area contributed by atoms with E-state index in [1.165, 1.54) is 0 Å². The van der Waals surface area contributed by atoms with Crippen LogP contribution in [0.25, 0.3) is 0 Å². The second kappa shape index (κ2) is 6.66. The normalized spacial score (nSPS) is 19.0. The summed E-state index contributed by atoms with van der Waals surface area (Å²) >= 11 is 0. The summed E-state index contributed by atoms with van der Waals surface area (Å²) in [5, 5.41) is 2.92. The van der Waals surface area contributed by atoms with Gasteiger partial charge in [-0.15, -0.1) is 0 Å². The second-order valence-electron chi connectivity index (χ2n) is 5.59. The molecule has 4 nitrogen and oxygen atoms in total. The molecule has 0 aromatic heterocycles. The minimum absolute atomic E-state index is 0.00829. The van der Waals surface area contributed by atoms with Crippen LogP contribution >= 0.6 is 0 Å². The zero-order valence-corrected chi connectivity index (χ0v) is 12.2. The van der Waals surface area contributed by atoms with Gasteiger partial charge in [0.15, 0.2) is 0 Å². The van der Waals surface area contributed by atoms with Crippen LogP contribution in [0.4, 0.5) is 5.69 Å². The van der Waals surface area contributed by atoms with E-state index in [1.54, 1.807) is 6.92 Å². The minimum Gasteiger partial charge on any atom is -0.325 e. The molecular formula is C16H22N2O2. The van der Waals surface area contributed by atoms with Gasteiger partial charge in [-0.1, -0.05) is 12.1 Å².